The molecule has 18 heavy (non-hydrogen) atoms. The van der Waals surface area contributed by atoms with Crippen molar-refractivity contribution in [3.8, 4) is 11.8 Å². The summed E-state index contributed by atoms with van der Waals surface area (Å²) in [7, 11) is 1.59. The minimum Gasteiger partial charge on any atom is -0.492 e. The van der Waals surface area contributed by atoms with Gasteiger partial charge in [-0.3, -0.25) is 0 Å². The highest BCUT2D eigenvalue weighted by molar-refractivity contribution is 7.17. The molecule has 1 saturated carbocycles. The molecule has 0 saturated heterocycles. The second kappa shape index (κ2) is 5.49. The average Bonchev–Trinajstić information content (AvgIpc) is 2.90. The van der Waals surface area contributed by atoms with Crippen LogP contribution in [-0.4, -0.2) is 13.7 Å². The fourth-order valence-corrected chi connectivity index (χ4v) is 3.47. The molecule has 2 unspecified atom stereocenters. The number of hydrogen-bond donors (Lipinski definition) is 2. The molecule has 1 fully saturated rings. The van der Waals surface area contributed by atoms with Crippen molar-refractivity contribution in [3.63, 3.8) is 0 Å². The van der Waals surface area contributed by atoms with Crippen LogP contribution in [0.4, 0.5) is 10.7 Å². The Morgan fingerprint density at radius 1 is 1.56 bits per heavy atom. The van der Waals surface area contributed by atoms with Gasteiger partial charge in [-0.05, 0) is 24.7 Å². The summed E-state index contributed by atoms with van der Waals surface area (Å²) in [5.41, 5.74) is 6.31. The molecule has 1 aromatic rings. The summed E-state index contributed by atoms with van der Waals surface area (Å²) >= 11 is 1.37. The van der Waals surface area contributed by atoms with Crippen molar-refractivity contribution >= 4 is 22.0 Å². The van der Waals surface area contributed by atoms with Crippen molar-refractivity contribution in [2.24, 2.45) is 11.8 Å². The highest BCUT2D eigenvalue weighted by Gasteiger charge is 2.22. The summed E-state index contributed by atoms with van der Waals surface area (Å²) in [5.74, 6) is 2.17. The molecule has 0 amide bonds. The van der Waals surface area contributed by atoms with Crippen LogP contribution in [0.2, 0.25) is 0 Å². The number of nitrogens with zero attached hydrogens (tertiary/aromatic N) is 1. The average molecular weight is 265 g/mol. The molecule has 2 rings (SSSR count). The number of thiophene rings is 1. The molecule has 1 heterocycles. The van der Waals surface area contributed by atoms with Gasteiger partial charge in [0.25, 0.3) is 0 Å². The molecule has 1 aliphatic carbocycles. The van der Waals surface area contributed by atoms with Crippen LogP contribution >= 0.6 is 11.3 Å². The van der Waals surface area contributed by atoms with E-state index >= 15 is 0 Å². The quantitative estimate of drug-likeness (QED) is 0.877. The van der Waals surface area contributed by atoms with Crippen LogP contribution < -0.4 is 15.8 Å². The van der Waals surface area contributed by atoms with Gasteiger partial charge in [-0.15, -0.1) is 11.3 Å². The van der Waals surface area contributed by atoms with Crippen LogP contribution in [0.15, 0.2) is 0 Å². The number of nitrogens with two attached hydrogens (primary N) is 1. The zero-order valence-electron chi connectivity index (χ0n) is 10.8. The maximum absolute atomic E-state index is 8.96. The number of ether oxygens (including phenoxy) is 1. The second-order valence-electron chi connectivity index (χ2n) is 4.98. The first-order valence-electron chi connectivity index (χ1n) is 6.26. The molecule has 1 aliphatic rings. The predicted octanol–water partition coefficient (Wildman–Crippen LogP) is 3.06. The lowest BCUT2D eigenvalue weighted by Crippen LogP contribution is -2.11. The first-order valence-corrected chi connectivity index (χ1v) is 7.07. The van der Waals surface area contributed by atoms with Crippen molar-refractivity contribution < 1.29 is 4.74 Å². The summed E-state index contributed by atoms with van der Waals surface area (Å²) in [6, 6.07) is 2.10. The molecule has 0 aromatic carbocycles. The number of anilines is 2. The molecule has 2 atom stereocenters. The Labute approximate surface area is 112 Å². The number of methoxy groups -OCH3 is 1. The minimum absolute atomic E-state index is 0.451. The number of nitrogens with one attached hydrogen (secondary N) is 1. The highest BCUT2D eigenvalue weighted by atomic mass is 32.1. The van der Waals surface area contributed by atoms with Gasteiger partial charge < -0.3 is 15.8 Å². The zero-order valence-corrected chi connectivity index (χ0v) is 11.6. The molecule has 1 aromatic heterocycles. The van der Waals surface area contributed by atoms with Crippen LogP contribution in [-0.2, 0) is 0 Å². The first kappa shape index (κ1) is 13.0. The molecule has 3 N–H and O–H groups in total. The van der Waals surface area contributed by atoms with E-state index in [-0.39, 0.29) is 0 Å². The van der Waals surface area contributed by atoms with Crippen molar-refractivity contribution in [1.82, 2.24) is 0 Å². The fourth-order valence-electron chi connectivity index (χ4n) is 2.58. The summed E-state index contributed by atoms with van der Waals surface area (Å²) in [6.07, 6.45) is 3.88. The maximum Gasteiger partial charge on any atom is 0.177 e. The molecule has 0 aliphatic heterocycles. The van der Waals surface area contributed by atoms with Gasteiger partial charge in [0.15, 0.2) is 5.75 Å². The topological polar surface area (TPSA) is 71.1 Å². The Morgan fingerprint density at radius 3 is 2.89 bits per heavy atom. The lowest BCUT2D eigenvalue weighted by atomic mass is 10.1. The number of nitrogen functional groups attached to an aromatic ring is 1. The van der Waals surface area contributed by atoms with Gasteiger partial charge in [0.05, 0.1) is 7.11 Å². The van der Waals surface area contributed by atoms with E-state index < -0.39 is 0 Å². The van der Waals surface area contributed by atoms with E-state index in [0.717, 1.165) is 23.4 Å². The van der Waals surface area contributed by atoms with E-state index in [1.54, 1.807) is 7.11 Å². The summed E-state index contributed by atoms with van der Waals surface area (Å²) < 4.78 is 5.27. The van der Waals surface area contributed by atoms with E-state index in [1.165, 1.54) is 30.6 Å². The van der Waals surface area contributed by atoms with Crippen LogP contribution in [0, 0.1) is 23.2 Å². The van der Waals surface area contributed by atoms with Gasteiger partial charge in [0, 0.05) is 6.54 Å². The van der Waals surface area contributed by atoms with Gasteiger partial charge >= 0.3 is 0 Å². The molecule has 4 nitrogen and oxygen atoms in total. The predicted molar refractivity (Wildman–Crippen MR) is 75.0 cm³/mol. The Bertz CT molecular complexity index is 464. The largest absolute Gasteiger partial charge is 0.492 e. The van der Waals surface area contributed by atoms with Gasteiger partial charge in [-0.1, -0.05) is 13.3 Å². The zero-order chi connectivity index (χ0) is 13.1. The van der Waals surface area contributed by atoms with Gasteiger partial charge in [0.1, 0.15) is 21.6 Å². The fraction of sp³-hybridized carbons (Fsp3) is 0.615. The van der Waals surface area contributed by atoms with E-state index in [4.69, 9.17) is 15.7 Å². The van der Waals surface area contributed by atoms with Crippen LogP contribution in [0.1, 0.15) is 31.1 Å². The van der Waals surface area contributed by atoms with Crippen molar-refractivity contribution in [1.29, 1.82) is 5.26 Å². The molecule has 98 valence electrons. The van der Waals surface area contributed by atoms with E-state index in [2.05, 4.69) is 18.3 Å². The molecular formula is C13H19N3OS. The Morgan fingerprint density at radius 2 is 2.33 bits per heavy atom. The Hall–Kier alpha value is -1.41. The van der Waals surface area contributed by atoms with Gasteiger partial charge in [-0.25, -0.2) is 0 Å². The number of hydrogen-bond acceptors (Lipinski definition) is 5. The number of rotatable bonds is 4. The Kier molecular flexibility index (Phi) is 3.97. The van der Waals surface area contributed by atoms with Crippen LogP contribution in [0.25, 0.3) is 0 Å². The molecule has 0 spiro atoms. The van der Waals surface area contributed by atoms with Crippen LogP contribution in [0.3, 0.4) is 0 Å². The second-order valence-corrected chi connectivity index (χ2v) is 6.00. The third-order valence-corrected chi connectivity index (χ3v) is 4.61. The number of nitriles is 1. The lowest BCUT2D eigenvalue weighted by Gasteiger charge is -2.12. The van der Waals surface area contributed by atoms with Crippen molar-refractivity contribution in [2.75, 3.05) is 24.7 Å². The Balaban J connectivity index is 2.03. The SMILES string of the molecule is COc1c(NCC2CCC(C)C2)sc(C#N)c1N. The van der Waals surface area contributed by atoms with E-state index in [0.29, 0.717) is 16.3 Å². The van der Waals surface area contributed by atoms with E-state index in [1.807, 2.05) is 0 Å². The van der Waals surface area contributed by atoms with Gasteiger partial charge in [-0.2, -0.15) is 5.26 Å². The smallest absolute Gasteiger partial charge is 0.177 e. The third-order valence-electron chi connectivity index (χ3n) is 3.56. The molecule has 0 bridgehead atoms. The summed E-state index contributed by atoms with van der Waals surface area (Å²) in [4.78, 5) is 0.522. The third kappa shape index (κ3) is 2.54. The summed E-state index contributed by atoms with van der Waals surface area (Å²) in [5, 5.41) is 13.2. The monoisotopic (exact) mass is 265 g/mol. The molecule has 0 radical (unpaired) electrons. The maximum atomic E-state index is 8.96. The standard InChI is InChI=1S/C13H19N3OS/c1-8-3-4-9(5-8)7-16-13-12(17-2)11(15)10(6-14)18-13/h8-9,16H,3-5,7,15H2,1-2H3. The van der Waals surface area contributed by atoms with Crippen LogP contribution in [0.5, 0.6) is 5.75 Å². The summed E-state index contributed by atoms with van der Waals surface area (Å²) in [6.45, 7) is 3.24. The first-order chi connectivity index (χ1) is 8.65. The lowest BCUT2D eigenvalue weighted by molar-refractivity contribution is 0.419. The minimum atomic E-state index is 0.451. The van der Waals surface area contributed by atoms with Gasteiger partial charge in [0.2, 0.25) is 0 Å². The van der Waals surface area contributed by atoms with Crippen molar-refractivity contribution in [3.05, 3.63) is 4.88 Å². The normalized spacial score (nSPS) is 22.7. The van der Waals surface area contributed by atoms with Crippen molar-refractivity contribution in [2.45, 2.75) is 26.2 Å². The molecule has 5 heteroatoms. The highest BCUT2D eigenvalue weighted by Crippen LogP contribution is 2.42. The molecular weight excluding hydrogens is 246 g/mol. The van der Waals surface area contributed by atoms with E-state index in [9.17, 15) is 0 Å².